The lowest BCUT2D eigenvalue weighted by molar-refractivity contribution is 0.104. The second-order valence-corrected chi connectivity index (χ2v) is 5.81. The lowest BCUT2D eigenvalue weighted by Gasteiger charge is -2.17. The Hall–Kier alpha value is -1.98. The molecule has 1 fully saturated rings. The lowest BCUT2D eigenvalue weighted by Crippen LogP contribution is -2.24. The summed E-state index contributed by atoms with van der Waals surface area (Å²) < 4.78 is 11.4. The molecule has 0 bridgehead atoms. The third-order valence-electron chi connectivity index (χ3n) is 3.87. The maximum Gasteiger partial charge on any atom is 0.157 e. The van der Waals surface area contributed by atoms with Crippen molar-refractivity contribution in [3.05, 3.63) is 54.1 Å². The highest BCUT2D eigenvalue weighted by Crippen LogP contribution is 2.25. The molecule has 3 rings (SSSR count). The van der Waals surface area contributed by atoms with Crippen LogP contribution in [0.5, 0.6) is 5.75 Å². The van der Waals surface area contributed by atoms with Gasteiger partial charge in [0.25, 0.3) is 0 Å². The Morgan fingerprint density at radius 1 is 1.26 bits per heavy atom. The van der Waals surface area contributed by atoms with Gasteiger partial charge in [-0.1, -0.05) is 18.2 Å². The first-order chi connectivity index (χ1) is 11.3. The molecule has 1 aliphatic heterocycles. The summed E-state index contributed by atoms with van der Waals surface area (Å²) in [5.74, 6) is 1.72. The molecule has 0 saturated carbocycles. The van der Waals surface area contributed by atoms with Crippen LogP contribution in [0, 0.1) is 0 Å². The van der Waals surface area contributed by atoms with Crippen LogP contribution in [-0.2, 0) is 11.3 Å². The van der Waals surface area contributed by atoms with Gasteiger partial charge in [0.2, 0.25) is 0 Å². The summed E-state index contributed by atoms with van der Waals surface area (Å²) in [4.78, 5) is 11.2. The van der Waals surface area contributed by atoms with E-state index in [0.717, 1.165) is 49.8 Å². The fourth-order valence-electron chi connectivity index (χ4n) is 2.63. The number of nitrogens with zero attached hydrogens (tertiary/aromatic N) is 3. The summed E-state index contributed by atoms with van der Waals surface area (Å²) >= 11 is 0. The van der Waals surface area contributed by atoms with Gasteiger partial charge in [-0.05, 0) is 38.1 Å². The average molecular weight is 313 g/mol. The third-order valence-corrected chi connectivity index (χ3v) is 3.87. The van der Waals surface area contributed by atoms with E-state index in [4.69, 9.17) is 9.47 Å². The van der Waals surface area contributed by atoms with Gasteiger partial charge in [-0.2, -0.15) is 0 Å². The first-order valence-electron chi connectivity index (χ1n) is 8.11. The number of benzene rings is 1. The van der Waals surface area contributed by atoms with Gasteiger partial charge in [-0.15, -0.1) is 0 Å². The van der Waals surface area contributed by atoms with Crippen LogP contribution in [0.15, 0.2) is 42.6 Å². The van der Waals surface area contributed by atoms with Crippen LogP contribution in [0.25, 0.3) is 0 Å². The fourth-order valence-corrected chi connectivity index (χ4v) is 2.63. The molecule has 2 aromatic rings. The standard InChI is InChI=1S/C18H23N3O2/c1-21(11-13-22-16-6-3-2-4-7-16)14-15-9-10-19-18(20-15)17-8-5-12-23-17/h2-4,6-7,9-10,17H,5,8,11-14H2,1H3/t17-/m1/s1. The highest BCUT2D eigenvalue weighted by Gasteiger charge is 2.20. The van der Waals surface area contributed by atoms with Crippen molar-refractivity contribution in [2.45, 2.75) is 25.5 Å². The Morgan fingerprint density at radius 3 is 2.91 bits per heavy atom. The molecular weight excluding hydrogens is 290 g/mol. The van der Waals surface area contributed by atoms with Gasteiger partial charge >= 0.3 is 0 Å². The van der Waals surface area contributed by atoms with Crippen LogP contribution in [-0.4, -0.2) is 41.7 Å². The summed E-state index contributed by atoms with van der Waals surface area (Å²) in [6.45, 7) is 3.09. The lowest BCUT2D eigenvalue weighted by atomic mass is 10.2. The Kier molecular flexibility index (Phi) is 5.56. The van der Waals surface area contributed by atoms with E-state index in [1.54, 1.807) is 0 Å². The number of hydrogen-bond donors (Lipinski definition) is 0. The zero-order valence-corrected chi connectivity index (χ0v) is 13.5. The first-order valence-corrected chi connectivity index (χ1v) is 8.11. The van der Waals surface area contributed by atoms with Crippen molar-refractivity contribution in [2.75, 3.05) is 26.8 Å². The molecule has 1 atom stereocenters. The molecule has 1 aromatic heterocycles. The SMILES string of the molecule is CN(CCOc1ccccc1)Cc1ccnc([C@H]2CCCO2)n1. The molecule has 122 valence electrons. The second kappa shape index (κ2) is 8.04. The van der Waals surface area contributed by atoms with Crippen LogP contribution in [0.1, 0.15) is 30.5 Å². The second-order valence-electron chi connectivity index (χ2n) is 5.81. The Labute approximate surface area is 137 Å². The maximum absolute atomic E-state index is 5.72. The van der Waals surface area contributed by atoms with Crippen molar-refractivity contribution in [3.63, 3.8) is 0 Å². The molecule has 0 spiro atoms. The number of ether oxygens (including phenoxy) is 2. The summed E-state index contributed by atoms with van der Waals surface area (Å²) in [5, 5.41) is 0. The van der Waals surface area contributed by atoms with E-state index >= 15 is 0 Å². The van der Waals surface area contributed by atoms with Crippen LogP contribution in [0.4, 0.5) is 0 Å². The Bertz CT molecular complexity index is 600. The molecule has 0 unspecified atom stereocenters. The minimum absolute atomic E-state index is 0.0710. The summed E-state index contributed by atoms with van der Waals surface area (Å²) in [6.07, 6.45) is 4.01. The zero-order valence-electron chi connectivity index (χ0n) is 13.5. The molecule has 5 nitrogen and oxygen atoms in total. The van der Waals surface area contributed by atoms with Gasteiger partial charge in [0, 0.05) is 25.9 Å². The Morgan fingerprint density at radius 2 is 2.13 bits per heavy atom. The fraction of sp³-hybridized carbons (Fsp3) is 0.444. The smallest absolute Gasteiger partial charge is 0.157 e. The molecule has 1 aliphatic rings. The van der Waals surface area contributed by atoms with Crippen LogP contribution in [0.2, 0.25) is 0 Å². The number of likely N-dealkylation sites (N-methyl/N-ethyl adjacent to an activating group) is 1. The van der Waals surface area contributed by atoms with E-state index in [1.807, 2.05) is 42.6 Å². The largest absolute Gasteiger partial charge is 0.492 e. The first kappa shape index (κ1) is 15.9. The van der Waals surface area contributed by atoms with Gasteiger partial charge < -0.3 is 9.47 Å². The molecule has 23 heavy (non-hydrogen) atoms. The Balaban J connectivity index is 1.47. The summed E-state index contributed by atoms with van der Waals surface area (Å²) in [5.41, 5.74) is 1.02. The average Bonchev–Trinajstić information content (AvgIpc) is 3.11. The zero-order chi connectivity index (χ0) is 15.9. The van der Waals surface area contributed by atoms with Crippen molar-refractivity contribution in [2.24, 2.45) is 0 Å². The molecular formula is C18H23N3O2. The van der Waals surface area contributed by atoms with Crippen LogP contribution < -0.4 is 4.74 Å². The predicted octanol–water partition coefficient (Wildman–Crippen LogP) is 2.84. The van der Waals surface area contributed by atoms with Crippen LogP contribution in [0.3, 0.4) is 0 Å². The van der Waals surface area contributed by atoms with Crippen molar-refractivity contribution in [3.8, 4) is 5.75 Å². The van der Waals surface area contributed by atoms with E-state index in [2.05, 4.69) is 21.9 Å². The van der Waals surface area contributed by atoms with Gasteiger partial charge in [0.15, 0.2) is 5.82 Å². The molecule has 0 N–H and O–H groups in total. The number of rotatable bonds is 7. The summed E-state index contributed by atoms with van der Waals surface area (Å²) in [7, 11) is 2.07. The topological polar surface area (TPSA) is 47.5 Å². The molecule has 1 saturated heterocycles. The van der Waals surface area contributed by atoms with E-state index < -0.39 is 0 Å². The minimum atomic E-state index is 0.0710. The molecule has 2 heterocycles. The van der Waals surface area contributed by atoms with Gasteiger partial charge in [0.05, 0.1) is 5.69 Å². The molecule has 0 radical (unpaired) electrons. The van der Waals surface area contributed by atoms with Crippen molar-refractivity contribution in [1.29, 1.82) is 0 Å². The monoisotopic (exact) mass is 313 g/mol. The van der Waals surface area contributed by atoms with Crippen molar-refractivity contribution >= 4 is 0 Å². The normalized spacial score (nSPS) is 17.6. The minimum Gasteiger partial charge on any atom is -0.492 e. The quantitative estimate of drug-likeness (QED) is 0.786. The summed E-state index contributed by atoms with van der Waals surface area (Å²) in [6, 6.07) is 11.8. The molecule has 1 aromatic carbocycles. The predicted molar refractivity (Wildman–Crippen MR) is 88.2 cm³/mol. The highest BCUT2D eigenvalue weighted by atomic mass is 16.5. The van der Waals surface area contributed by atoms with Gasteiger partial charge in [-0.3, -0.25) is 4.90 Å². The van der Waals surface area contributed by atoms with E-state index in [1.165, 1.54) is 0 Å². The van der Waals surface area contributed by atoms with Crippen LogP contribution >= 0.6 is 0 Å². The molecule has 5 heteroatoms. The highest BCUT2D eigenvalue weighted by molar-refractivity contribution is 5.20. The number of aromatic nitrogens is 2. The van der Waals surface area contributed by atoms with E-state index in [-0.39, 0.29) is 6.10 Å². The van der Waals surface area contributed by atoms with Crippen molar-refractivity contribution < 1.29 is 9.47 Å². The molecule has 0 aliphatic carbocycles. The van der Waals surface area contributed by atoms with Gasteiger partial charge in [-0.25, -0.2) is 9.97 Å². The van der Waals surface area contributed by atoms with E-state index in [9.17, 15) is 0 Å². The van der Waals surface area contributed by atoms with Crippen molar-refractivity contribution in [1.82, 2.24) is 14.9 Å². The van der Waals surface area contributed by atoms with E-state index in [0.29, 0.717) is 6.61 Å². The molecule has 0 amide bonds. The van der Waals surface area contributed by atoms with Gasteiger partial charge in [0.1, 0.15) is 18.5 Å². The number of para-hydroxylation sites is 1. The number of hydrogen-bond acceptors (Lipinski definition) is 5. The third kappa shape index (κ3) is 4.74. The maximum atomic E-state index is 5.72.